The molecule has 0 radical (unpaired) electrons. The average molecular weight is 330 g/mol. The Kier molecular flexibility index (Phi) is 2.27. The van der Waals surface area contributed by atoms with Crippen LogP contribution in [0.5, 0.6) is 0 Å². The Morgan fingerprint density at radius 2 is 2.10 bits per heavy atom. The number of hydrogen-bond acceptors (Lipinski definition) is 5. The van der Waals surface area contributed by atoms with Crippen LogP contribution in [0.3, 0.4) is 0 Å². The molecule has 0 aliphatic rings. The smallest absolute Gasteiger partial charge is 0.190 e. The fourth-order valence-electron chi connectivity index (χ4n) is 2.14. The van der Waals surface area contributed by atoms with Crippen molar-refractivity contribution in [1.29, 1.82) is 0 Å². The van der Waals surface area contributed by atoms with Crippen LogP contribution in [0.4, 0.5) is 5.69 Å². The van der Waals surface area contributed by atoms with Crippen molar-refractivity contribution < 1.29 is 0 Å². The summed E-state index contributed by atoms with van der Waals surface area (Å²) in [4.78, 5) is 11.4. The van der Waals surface area contributed by atoms with Gasteiger partial charge in [-0.3, -0.25) is 4.40 Å². The highest BCUT2D eigenvalue weighted by Crippen LogP contribution is 2.28. The number of nitrogens with zero attached hydrogens (tertiary/aromatic N) is 5. The molecule has 3 heterocycles. The van der Waals surface area contributed by atoms with Crippen LogP contribution < -0.4 is 5.73 Å². The zero-order valence-electron chi connectivity index (χ0n) is 10.1. The topological polar surface area (TPSA) is 97.8 Å². The van der Waals surface area contributed by atoms with Gasteiger partial charge in [0.1, 0.15) is 11.8 Å². The van der Waals surface area contributed by atoms with Crippen LogP contribution in [0.1, 0.15) is 0 Å². The van der Waals surface area contributed by atoms with E-state index in [4.69, 9.17) is 5.73 Å². The highest BCUT2D eigenvalue weighted by atomic mass is 79.9. The number of nitrogens with one attached hydrogen (secondary N) is 1. The molecule has 0 spiro atoms. The largest absolute Gasteiger partial charge is 0.398 e. The van der Waals surface area contributed by atoms with Crippen LogP contribution in [-0.4, -0.2) is 29.5 Å². The summed E-state index contributed by atoms with van der Waals surface area (Å²) in [5, 5.41) is 8.42. The minimum atomic E-state index is 0.610. The van der Waals surface area contributed by atoms with E-state index < -0.39 is 0 Å². The van der Waals surface area contributed by atoms with Gasteiger partial charge in [-0.25, -0.2) is 9.97 Å². The zero-order chi connectivity index (χ0) is 13.7. The maximum absolute atomic E-state index is 6.02. The molecular formula is C12H8BrN7. The van der Waals surface area contributed by atoms with E-state index in [2.05, 4.69) is 41.1 Å². The lowest BCUT2D eigenvalue weighted by Crippen LogP contribution is -1.96. The first-order chi connectivity index (χ1) is 9.74. The Labute approximate surface area is 121 Å². The second kappa shape index (κ2) is 4.01. The number of halogens is 1. The molecule has 0 saturated heterocycles. The molecule has 7 nitrogen and oxygen atoms in total. The maximum Gasteiger partial charge on any atom is 0.190 e. The van der Waals surface area contributed by atoms with E-state index in [1.807, 2.05) is 18.2 Å². The minimum absolute atomic E-state index is 0.610. The van der Waals surface area contributed by atoms with Gasteiger partial charge in [0, 0.05) is 15.7 Å². The average Bonchev–Trinajstić information content (AvgIpc) is 3.06. The molecule has 3 aromatic heterocycles. The standard InChI is InChI=1S/C12H8BrN7/c13-6-1-2-8(14)7(3-6)11-18-19-12-9-10(16-4-15-9)17-5-20(11)12/h1-5H,14H2,(H,15,16). The first-order valence-corrected chi connectivity index (χ1v) is 6.61. The van der Waals surface area contributed by atoms with Gasteiger partial charge in [0.2, 0.25) is 0 Å². The van der Waals surface area contributed by atoms with E-state index in [1.54, 1.807) is 17.1 Å². The predicted molar refractivity (Wildman–Crippen MR) is 78.0 cm³/mol. The van der Waals surface area contributed by atoms with Gasteiger partial charge in [-0.1, -0.05) is 15.9 Å². The van der Waals surface area contributed by atoms with Gasteiger partial charge < -0.3 is 10.7 Å². The van der Waals surface area contributed by atoms with Gasteiger partial charge in [0.05, 0.1) is 6.33 Å². The Morgan fingerprint density at radius 3 is 3.00 bits per heavy atom. The molecule has 0 bridgehead atoms. The lowest BCUT2D eigenvalue weighted by atomic mass is 10.2. The van der Waals surface area contributed by atoms with Crippen LogP contribution >= 0.6 is 15.9 Å². The third kappa shape index (κ3) is 1.51. The van der Waals surface area contributed by atoms with E-state index in [0.29, 0.717) is 22.8 Å². The molecule has 4 rings (SSSR count). The SMILES string of the molecule is Nc1ccc(Br)cc1-c1nnc2c3[nH]cnc3ncn12. The van der Waals surface area contributed by atoms with Crippen molar-refractivity contribution in [2.45, 2.75) is 0 Å². The molecule has 8 heteroatoms. The molecule has 0 amide bonds. The third-order valence-corrected chi connectivity index (χ3v) is 3.58. The maximum atomic E-state index is 6.02. The van der Waals surface area contributed by atoms with Crippen molar-refractivity contribution in [2.75, 3.05) is 5.73 Å². The number of aromatic amines is 1. The molecule has 0 saturated carbocycles. The van der Waals surface area contributed by atoms with Gasteiger partial charge in [0.25, 0.3) is 0 Å². The summed E-state index contributed by atoms with van der Waals surface area (Å²) in [6.45, 7) is 0. The van der Waals surface area contributed by atoms with Crippen molar-refractivity contribution in [1.82, 2.24) is 29.5 Å². The summed E-state index contributed by atoms with van der Waals surface area (Å²) in [5.41, 5.74) is 9.48. The molecule has 3 N–H and O–H groups in total. The molecule has 0 unspecified atom stereocenters. The summed E-state index contributed by atoms with van der Waals surface area (Å²) in [5.74, 6) is 0.641. The number of nitrogens with two attached hydrogens (primary N) is 1. The number of rotatable bonds is 1. The van der Waals surface area contributed by atoms with Gasteiger partial charge in [0.15, 0.2) is 17.1 Å². The molecule has 0 aliphatic heterocycles. The summed E-state index contributed by atoms with van der Waals surface area (Å²) in [7, 11) is 0. The first-order valence-electron chi connectivity index (χ1n) is 5.82. The summed E-state index contributed by atoms with van der Waals surface area (Å²) in [6.07, 6.45) is 3.23. The van der Waals surface area contributed by atoms with Gasteiger partial charge in [-0.15, -0.1) is 10.2 Å². The summed E-state index contributed by atoms with van der Waals surface area (Å²) in [6, 6.07) is 5.61. The summed E-state index contributed by atoms with van der Waals surface area (Å²) >= 11 is 3.43. The van der Waals surface area contributed by atoms with Crippen molar-refractivity contribution in [3.05, 3.63) is 35.3 Å². The van der Waals surface area contributed by atoms with E-state index in [-0.39, 0.29) is 0 Å². The number of fused-ring (bicyclic) bond motifs is 3. The second-order valence-corrected chi connectivity index (χ2v) is 5.21. The molecule has 1 aromatic carbocycles. The lowest BCUT2D eigenvalue weighted by molar-refractivity contribution is 1.09. The zero-order valence-corrected chi connectivity index (χ0v) is 11.7. The van der Waals surface area contributed by atoms with E-state index >= 15 is 0 Å². The molecule has 0 atom stereocenters. The molecule has 20 heavy (non-hydrogen) atoms. The number of imidazole rings is 1. The predicted octanol–water partition coefficient (Wildman–Crippen LogP) is 2.01. The number of H-pyrrole nitrogens is 1. The highest BCUT2D eigenvalue weighted by molar-refractivity contribution is 9.10. The monoisotopic (exact) mass is 329 g/mol. The Balaban J connectivity index is 2.07. The van der Waals surface area contributed by atoms with Crippen LogP contribution in [0.15, 0.2) is 35.3 Å². The van der Waals surface area contributed by atoms with Gasteiger partial charge >= 0.3 is 0 Å². The molecule has 0 fully saturated rings. The van der Waals surface area contributed by atoms with Crippen LogP contribution in [0, 0.1) is 0 Å². The highest BCUT2D eigenvalue weighted by Gasteiger charge is 2.14. The fourth-order valence-corrected chi connectivity index (χ4v) is 2.50. The normalized spacial score (nSPS) is 11.4. The van der Waals surface area contributed by atoms with Crippen molar-refractivity contribution in [3.63, 3.8) is 0 Å². The molecule has 98 valence electrons. The first kappa shape index (κ1) is 11.4. The summed E-state index contributed by atoms with van der Waals surface area (Å²) < 4.78 is 2.72. The molecule has 0 aliphatic carbocycles. The Hall–Kier alpha value is -2.48. The quantitative estimate of drug-likeness (QED) is 0.520. The molecule has 4 aromatic rings. The van der Waals surface area contributed by atoms with E-state index in [0.717, 1.165) is 15.6 Å². The fraction of sp³-hybridized carbons (Fsp3) is 0. The number of aromatic nitrogens is 6. The van der Waals surface area contributed by atoms with Crippen LogP contribution in [-0.2, 0) is 0 Å². The number of benzene rings is 1. The Bertz CT molecular complexity index is 939. The second-order valence-electron chi connectivity index (χ2n) is 4.29. The van der Waals surface area contributed by atoms with E-state index in [1.165, 1.54) is 0 Å². The van der Waals surface area contributed by atoms with Crippen molar-refractivity contribution in [2.24, 2.45) is 0 Å². The number of hydrogen-bond donors (Lipinski definition) is 2. The number of nitrogen functional groups attached to an aromatic ring is 1. The lowest BCUT2D eigenvalue weighted by Gasteiger charge is -2.04. The minimum Gasteiger partial charge on any atom is -0.398 e. The third-order valence-electron chi connectivity index (χ3n) is 3.09. The van der Waals surface area contributed by atoms with Crippen molar-refractivity contribution >= 4 is 38.4 Å². The van der Waals surface area contributed by atoms with Gasteiger partial charge in [-0.2, -0.15) is 0 Å². The number of anilines is 1. The van der Waals surface area contributed by atoms with Gasteiger partial charge in [-0.05, 0) is 18.2 Å². The van der Waals surface area contributed by atoms with Crippen LogP contribution in [0.2, 0.25) is 0 Å². The van der Waals surface area contributed by atoms with E-state index in [9.17, 15) is 0 Å². The van der Waals surface area contributed by atoms with Crippen LogP contribution in [0.25, 0.3) is 28.2 Å². The van der Waals surface area contributed by atoms with Crippen molar-refractivity contribution in [3.8, 4) is 11.4 Å². The Morgan fingerprint density at radius 1 is 1.20 bits per heavy atom. The molecular weight excluding hydrogens is 322 g/mol.